The van der Waals surface area contributed by atoms with E-state index in [0.717, 1.165) is 29.5 Å². The van der Waals surface area contributed by atoms with E-state index >= 15 is 0 Å². The Morgan fingerprint density at radius 3 is 2.60 bits per heavy atom. The van der Waals surface area contributed by atoms with Gasteiger partial charge in [-0.05, 0) is 55.4 Å². The summed E-state index contributed by atoms with van der Waals surface area (Å²) in [6, 6.07) is 3.66. The number of rotatable bonds is 3. The SMILES string of the molecule is Cc1cc(C)c(S(=O)(=O)N2CCCC(C)C2)cc1CCl. The van der Waals surface area contributed by atoms with Gasteiger partial charge in [-0.3, -0.25) is 0 Å². The molecule has 1 fully saturated rings. The summed E-state index contributed by atoms with van der Waals surface area (Å²) in [5, 5.41) is 0. The Balaban J connectivity index is 2.43. The molecule has 1 saturated heterocycles. The predicted octanol–water partition coefficient (Wildman–Crippen LogP) is 3.46. The molecule has 0 spiro atoms. The van der Waals surface area contributed by atoms with Crippen LogP contribution < -0.4 is 0 Å². The van der Waals surface area contributed by atoms with E-state index < -0.39 is 10.0 Å². The van der Waals surface area contributed by atoms with Gasteiger partial charge < -0.3 is 0 Å². The molecular weight excluding hydrogens is 294 g/mol. The van der Waals surface area contributed by atoms with E-state index in [4.69, 9.17) is 11.6 Å². The Hall–Kier alpha value is -0.580. The summed E-state index contributed by atoms with van der Waals surface area (Å²) in [6.07, 6.45) is 2.04. The number of nitrogens with zero attached hydrogens (tertiary/aromatic N) is 1. The quantitative estimate of drug-likeness (QED) is 0.801. The topological polar surface area (TPSA) is 37.4 Å². The molecule has 1 unspecified atom stereocenters. The molecule has 5 heteroatoms. The second kappa shape index (κ2) is 6.04. The van der Waals surface area contributed by atoms with Gasteiger partial charge in [-0.25, -0.2) is 8.42 Å². The zero-order valence-electron chi connectivity index (χ0n) is 12.3. The molecule has 1 aliphatic heterocycles. The van der Waals surface area contributed by atoms with E-state index in [1.807, 2.05) is 19.9 Å². The van der Waals surface area contributed by atoms with E-state index in [0.29, 0.717) is 29.8 Å². The summed E-state index contributed by atoms with van der Waals surface area (Å²) < 4.78 is 27.3. The van der Waals surface area contributed by atoms with Crippen molar-refractivity contribution in [3.8, 4) is 0 Å². The summed E-state index contributed by atoms with van der Waals surface area (Å²) in [7, 11) is -3.40. The van der Waals surface area contributed by atoms with Crippen LogP contribution in [-0.4, -0.2) is 25.8 Å². The van der Waals surface area contributed by atoms with Gasteiger partial charge >= 0.3 is 0 Å². The van der Waals surface area contributed by atoms with Crippen LogP contribution in [0.2, 0.25) is 0 Å². The lowest BCUT2D eigenvalue weighted by Gasteiger charge is -2.30. The molecule has 1 heterocycles. The van der Waals surface area contributed by atoms with Gasteiger partial charge in [0.25, 0.3) is 0 Å². The number of halogens is 1. The molecule has 0 N–H and O–H groups in total. The third-order valence-electron chi connectivity index (χ3n) is 4.02. The minimum absolute atomic E-state index is 0.338. The van der Waals surface area contributed by atoms with Crippen LogP contribution in [0.3, 0.4) is 0 Å². The van der Waals surface area contributed by atoms with E-state index in [1.165, 1.54) is 0 Å². The Morgan fingerprint density at radius 2 is 2.00 bits per heavy atom. The minimum Gasteiger partial charge on any atom is -0.207 e. The van der Waals surface area contributed by atoms with E-state index in [-0.39, 0.29) is 0 Å². The van der Waals surface area contributed by atoms with Crippen LogP contribution in [0.25, 0.3) is 0 Å². The molecule has 1 atom stereocenters. The molecule has 0 amide bonds. The second-order valence-corrected chi connectivity index (χ2v) is 7.96. The third-order valence-corrected chi connectivity index (χ3v) is 6.31. The number of sulfonamides is 1. The van der Waals surface area contributed by atoms with E-state index in [9.17, 15) is 8.42 Å². The van der Waals surface area contributed by atoms with Crippen molar-refractivity contribution < 1.29 is 8.42 Å². The normalized spacial score (nSPS) is 21.1. The summed E-state index contributed by atoms with van der Waals surface area (Å²) in [4.78, 5) is 0.410. The van der Waals surface area contributed by atoms with Gasteiger partial charge in [0.1, 0.15) is 0 Å². The number of piperidine rings is 1. The first kappa shape index (κ1) is 15.8. The highest BCUT2D eigenvalue weighted by atomic mass is 35.5. The van der Waals surface area contributed by atoms with Crippen LogP contribution in [0.1, 0.15) is 36.5 Å². The highest BCUT2D eigenvalue weighted by Crippen LogP contribution is 2.28. The average molecular weight is 316 g/mol. The van der Waals surface area contributed by atoms with Crippen molar-refractivity contribution in [1.29, 1.82) is 0 Å². The molecule has 0 radical (unpaired) electrons. The van der Waals surface area contributed by atoms with E-state index in [2.05, 4.69) is 6.92 Å². The van der Waals surface area contributed by atoms with Crippen LogP contribution in [0.15, 0.2) is 17.0 Å². The number of benzene rings is 1. The maximum absolute atomic E-state index is 12.8. The maximum Gasteiger partial charge on any atom is 0.243 e. The minimum atomic E-state index is -3.40. The Kier molecular flexibility index (Phi) is 4.77. The molecule has 0 saturated carbocycles. The summed E-state index contributed by atoms with van der Waals surface area (Å²) in [5.74, 6) is 0.766. The molecule has 0 bridgehead atoms. The molecule has 1 aromatic rings. The van der Waals surface area contributed by atoms with Crippen molar-refractivity contribution in [2.45, 2.75) is 44.4 Å². The first-order valence-electron chi connectivity index (χ1n) is 7.02. The van der Waals surface area contributed by atoms with Crippen LogP contribution in [0.5, 0.6) is 0 Å². The smallest absolute Gasteiger partial charge is 0.207 e. The molecule has 1 aromatic carbocycles. The average Bonchev–Trinajstić information content (AvgIpc) is 2.38. The van der Waals surface area contributed by atoms with Gasteiger partial charge in [-0.2, -0.15) is 4.31 Å². The summed E-state index contributed by atoms with van der Waals surface area (Å²) >= 11 is 5.91. The monoisotopic (exact) mass is 315 g/mol. The van der Waals surface area contributed by atoms with Crippen molar-refractivity contribution in [2.24, 2.45) is 5.92 Å². The van der Waals surface area contributed by atoms with E-state index in [1.54, 1.807) is 10.4 Å². The lowest BCUT2D eigenvalue weighted by Crippen LogP contribution is -2.39. The van der Waals surface area contributed by atoms with Crippen molar-refractivity contribution in [3.05, 3.63) is 28.8 Å². The molecule has 112 valence electrons. The fraction of sp³-hybridized carbons (Fsp3) is 0.600. The summed E-state index contributed by atoms with van der Waals surface area (Å²) in [6.45, 7) is 7.16. The Bertz CT molecular complexity index is 598. The predicted molar refractivity (Wildman–Crippen MR) is 82.6 cm³/mol. The first-order chi connectivity index (χ1) is 9.36. The fourth-order valence-electron chi connectivity index (χ4n) is 2.80. The first-order valence-corrected chi connectivity index (χ1v) is 9.00. The van der Waals surface area contributed by atoms with Crippen LogP contribution in [0, 0.1) is 19.8 Å². The van der Waals surface area contributed by atoms with Crippen LogP contribution in [-0.2, 0) is 15.9 Å². The lowest BCUT2D eigenvalue weighted by molar-refractivity contribution is 0.281. The third kappa shape index (κ3) is 3.02. The zero-order chi connectivity index (χ0) is 14.9. The second-order valence-electron chi connectivity index (χ2n) is 5.79. The largest absolute Gasteiger partial charge is 0.243 e. The Morgan fingerprint density at radius 1 is 1.30 bits per heavy atom. The standard InChI is InChI=1S/C15H22ClNO2S/c1-11-5-4-6-17(10-11)20(18,19)15-8-14(9-16)12(2)7-13(15)3/h7-8,11H,4-6,9-10H2,1-3H3. The fourth-order valence-corrected chi connectivity index (χ4v) is 4.94. The molecule has 20 heavy (non-hydrogen) atoms. The highest BCUT2D eigenvalue weighted by Gasteiger charge is 2.30. The number of hydrogen-bond donors (Lipinski definition) is 0. The molecule has 1 aliphatic rings. The number of aryl methyl sites for hydroxylation is 2. The van der Waals surface area contributed by atoms with Gasteiger partial charge in [0.05, 0.1) is 4.90 Å². The highest BCUT2D eigenvalue weighted by molar-refractivity contribution is 7.89. The number of hydrogen-bond acceptors (Lipinski definition) is 2. The van der Waals surface area contributed by atoms with Gasteiger partial charge in [0.2, 0.25) is 10.0 Å². The summed E-state index contributed by atoms with van der Waals surface area (Å²) in [5.41, 5.74) is 2.74. The van der Waals surface area contributed by atoms with Crippen molar-refractivity contribution in [2.75, 3.05) is 13.1 Å². The van der Waals surface area contributed by atoms with Gasteiger partial charge in [0, 0.05) is 19.0 Å². The molecule has 2 rings (SSSR count). The Labute approximate surface area is 127 Å². The van der Waals surface area contributed by atoms with Crippen molar-refractivity contribution >= 4 is 21.6 Å². The molecule has 0 aliphatic carbocycles. The van der Waals surface area contributed by atoms with Crippen molar-refractivity contribution in [1.82, 2.24) is 4.31 Å². The molecule has 3 nitrogen and oxygen atoms in total. The van der Waals surface area contributed by atoms with Gasteiger partial charge in [0.15, 0.2) is 0 Å². The molecule has 0 aromatic heterocycles. The number of alkyl halides is 1. The van der Waals surface area contributed by atoms with Crippen LogP contribution in [0.4, 0.5) is 0 Å². The zero-order valence-corrected chi connectivity index (χ0v) is 13.9. The maximum atomic E-state index is 12.8. The van der Waals surface area contributed by atoms with Crippen LogP contribution >= 0.6 is 11.6 Å². The lowest BCUT2D eigenvalue weighted by atomic mass is 10.0. The molecular formula is C15H22ClNO2S. The van der Waals surface area contributed by atoms with Gasteiger partial charge in [-0.1, -0.05) is 13.0 Å². The van der Waals surface area contributed by atoms with Crippen molar-refractivity contribution in [3.63, 3.8) is 0 Å². The van der Waals surface area contributed by atoms with Gasteiger partial charge in [-0.15, -0.1) is 11.6 Å².